The van der Waals surface area contributed by atoms with Crippen molar-refractivity contribution in [2.24, 2.45) is 0 Å². The Morgan fingerprint density at radius 3 is 2.75 bits per heavy atom. The van der Waals surface area contributed by atoms with Crippen LogP contribution < -0.4 is 5.32 Å². The monoisotopic (exact) mass is 268 g/mol. The molecule has 0 fully saturated rings. The third kappa shape index (κ3) is 2.48. The Bertz CT molecular complexity index is 705. The molecule has 1 aromatic carbocycles. The highest BCUT2D eigenvalue weighted by Gasteiger charge is 2.12. The molecule has 0 bridgehead atoms. The molecule has 0 aliphatic carbocycles. The average Bonchev–Trinajstić information content (AvgIpc) is 2.90. The van der Waals surface area contributed by atoms with E-state index >= 15 is 0 Å². The first-order valence-corrected chi connectivity index (χ1v) is 6.55. The van der Waals surface area contributed by atoms with Gasteiger partial charge in [-0.3, -0.25) is 4.40 Å². The Hall–Kier alpha value is -2.40. The third-order valence-electron chi connectivity index (χ3n) is 3.28. The summed E-state index contributed by atoms with van der Waals surface area (Å²) in [7, 11) is 0. The fourth-order valence-corrected chi connectivity index (χ4v) is 2.13. The van der Waals surface area contributed by atoms with Crippen LogP contribution in [0.3, 0.4) is 0 Å². The molecular formula is C15H16N4O. The van der Waals surface area contributed by atoms with Crippen LogP contribution in [0.5, 0.6) is 5.75 Å². The maximum Gasteiger partial charge on any atom is 0.160 e. The van der Waals surface area contributed by atoms with Gasteiger partial charge in [-0.15, -0.1) is 10.2 Å². The lowest BCUT2D eigenvalue weighted by molar-refractivity contribution is 0.474. The van der Waals surface area contributed by atoms with Crippen LogP contribution in [0.4, 0.5) is 0 Å². The number of benzene rings is 1. The topological polar surface area (TPSA) is 62.5 Å². The molecule has 20 heavy (non-hydrogen) atoms. The van der Waals surface area contributed by atoms with E-state index in [0.29, 0.717) is 6.54 Å². The largest absolute Gasteiger partial charge is 0.508 e. The molecule has 0 spiro atoms. The van der Waals surface area contributed by atoms with Crippen molar-refractivity contribution in [3.8, 4) is 5.75 Å². The van der Waals surface area contributed by atoms with Crippen LogP contribution in [-0.2, 0) is 6.54 Å². The van der Waals surface area contributed by atoms with Gasteiger partial charge in [0.2, 0.25) is 0 Å². The maximum atomic E-state index is 9.26. The molecule has 2 N–H and O–H groups in total. The first-order chi connectivity index (χ1) is 9.74. The van der Waals surface area contributed by atoms with Gasteiger partial charge in [-0.05, 0) is 36.8 Å². The summed E-state index contributed by atoms with van der Waals surface area (Å²) < 4.78 is 1.98. The summed E-state index contributed by atoms with van der Waals surface area (Å²) in [5.41, 5.74) is 1.96. The number of phenols is 1. The van der Waals surface area contributed by atoms with Crippen molar-refractivity contribution in [3.05, 3.63) is 60.0 Å². The number of pyridine rings is 1. The van der Waals surface area contributed by atoms with Gasteiger partial charge < -0.3 is 10.4 Å². The van der Waals surface area contributed by atoms with Gasteiger partial charge in [-0.2, -0.15) is 0 Å². The van der Waals surface area contributed by atoms with Crippen LogP contribution >= 0.6 is 0 Å². The predicted octanol–water partition coefficient (Wildman–Crippen LogP) is 2.29. The highest BCUT2D eigenvalue weighted by atomic mass is 16.3. The summed E-state index contributed by atoms with van der Waals surface area (Å²) in [6.07, 6.45) is 1.96. The van der Waals surface area contributed by atoms with Crippen LogP contribution in [0.15, 0.2) is 48.7 Å². The van der Waals surface area contributed by atoms with Crippen molar-refractivity contribution in [2.45, 2.75) is 19.5 Å². The van der Waals surface area contributed by atoms with Crippen LogP contribution in [0.2, 0.25) is 0 Å². The summed E-state index contributed by atoms with van der Waals surface area (Å²) in [5, 5.41) is 21.0. The summed E-state index contributed by atoms with van der Waals surface area (Å²) in [4.78, 5) is 0. The fraction of sp³-hybridized carbons (Fsp3) is 0.200. The molecule has 102 valence electrons. The molecule has 5 nitrogen and oxygen atoms in total. The minimum absolute atomic E-state index is 0.0844. The fourth-order valence-electron chi connectivity index (χ4n) is 2.13. The van der Waals surface area contributed by atoms with Gasteiger partial charge in [0.1, 0.15) is 5.75 Å². The molecule has 0 amide bonds. The molecule has 5 heteroatoms. The van der Waals surface area contributed by atoms with Crippen LogP contribution in [0.1, 0.15) is 24.4 Å². The zero-order valence-corrected chi connectivity index (χ0v) is 11.2. The van der Waals surface area contributed by atoms with E-state index in [1.54, 1.807) is 12.1 Å². The van der Waals surface area contributed by atoms with Gasteiger partial charge in [0.15, 0.2) is 11.5 Å². The molecular weight excluding hydrogens is 252 g/mol. The number of aromatic hydroxyl groups is 1. The molecule has 0 aliphatic rings. The number of fused-ring (bicyclic) bond motifs is 1. The minimum atomic E-state index is 0.0844. The van der Waals surface area contributed by atoms with E-state index in [4.69, 9.17) is 0 Å². The Morgan fingerprint density at radius 1 is 1.15 bits per heavy atom. The van der Waals surface area contributed by atoms with E-state index in [2.05, 4.69) is 22.4 Å². The second kappa shape index (κ2) is 5.30. The van der Waals surface area contributed by atoms with Crippen molar-refractivity contribution in [1.29, 1.82) is 0 Å². The van der Waals surface area contributed by atoms with Gasteiger partial charge in [0.05, 0.1) is 6.04 Å². The first kappa shape index (κ1) is 12.6. The van der Waals surface area contributed by atoms with Crippen molar-refractivity contribution >= 4 is 5.65 Å². The van der Waals surface area contributed by atoms with Crippen LogP contribution in [-0.4, -0.2) is 19.7 Å². The van der Waals surface area contributed by atoms with Crippen LogP contribution in [0.25, 0.3) is 5.65 Å². The van der Waals surface area contributed by atoms with Gasteiger partial charge in [-0.1, -0.05) is 18.2 Å². The van der Waals surface area contributed by atoms with Gasteiger partial charge in [0.25, 0.3) is 0 Å². The van der Waals surface area contributed by atoms with Gasteiger partial charge in [0, 0.05) is 12.7 Å². The van der Waals surface area contributed by atoms with Crippen molar-refractivity contribution < 1.29 is 5.11 Å². The standard InChI is InChI=1S/C15H16N4O/c1-11(16-10-12-5-7-13(20)8-6-12)15-18-17-14-4-2-3-9-19(14)15/h2-9,11,16,20H,10H2,1H3. The Labute approximate surface area is 116 Å². The molecule has 0 radical (unpaired) electrons. The number of phenolic OH excluding ortho intramolecular Hbond substituents is 1. The van der Waals surface area contributed by atoms with Crippen molar-refractivity contribution in [1.82, 2.24) is 19.9 Å². The lowest BCUT2D eigenvalue weighted by atomic mass is 10.2. The quantitative estimate of drug-likeness (QED) is 0.762. The van der Waals surface area contributed by atoms with Crippen LogP contribution in [0, 0.1) is 0 Å². The summed E-state index contributed by atoms with van der Waals surface area (Å²) in [6.45, 7) is 2.77. The summed E-state index contributed by atoms with van der Waals surface area (Å²) in [5.74, 6) is 1.17. The second-order valence-electron chi connectivity index (χ2n) is 4.76. The number of hydrogen-bond donors (Lipinski definition) is 2. The normalized spacial score (nSPS) is 12.7. The van der Waals surface area contributed by atoms with Crippen molar-refractivity contribution in [2.75, 3.05) is 0 Å². The zero-order chi connectivity index (χ0) is 13.9. The van der Waals surface area contributed by atoms with E-state index in [9.17, 15) is 5.11 Å². The lowest BCUT2D eigenvalue weighted by Gasteiger charge is -2.12. The molecule has 2 heterocycles. The second-order valence-corrected chi connectivity index (χ2v) is 4.76. The number of hydrogen-bond acceptors (Lipinski definition) is 4. The lowest BCUT2D eigenvalue weighted by Crippen LogP contribution is -2.20. The predicted molar refractivity (Wildman–Crippen MR) is 76.3 cm³/mol. The molecule has 0 saturated carbocycles. The zero-order valence-electron chi connectivity index (χ0n) is 11.2. The molecule has 0 aliphatic heterocycles. The smallest absolute Gasteiger partial charge is 0.160 e. The molecule has 1 atom stereocenters. The number of aromatic nitrogens is 3. The van der Waals surface area contributed by atoms with E-state index in [0.717, 1.165) is 17.0 Å². The Kier molecular flexibility index (Phi) is 3.35. The van der Waals surface area contributed by atoms with E-state index in [-0.39, 0.29) is 11.8 Å². The van der Waals surface area contributed by atoms with Crippen molar-refractivity contribution in [3.63, 3.8) is 0 Å². The minimum Gasteiger partial charge on any atom is -0.508 e. The Balaban J connectivity index is 1.73. The average molecular weight is 268 g/mol. The molecule has 3 aromatic rings. The number of nitrogens with one attached hydrogen (secondary N) is 1. The van der Waals surface area contributed by atoms with E-state index in [1.807, 2.05) is 40.9 Å². The van der Waals surface area contributed by atoms with E-state index in [1.165, 1.54) is 0 Å². The third-order valence-corrected chi connectivity index (χ3v) is 3.28. The molecule has 2 aromatic heterocycles. The Morgan fingerprint density at radius 2 is 1.95 bits per heavy atom. The highest BCUT2D eigenvalue weighted by Crippen LogP contribution is 2.14. The highest BCUT2D eigenvalue weighted by molar-refractivity contribution is 5.37. The number of rotatable bonds is 4. The summed E-state index contributed by atoms with van der Waals surface area (Å²) >= 11 is 0. The molecule has 0 saturated heterocycles. The molecule has 3 rings (SSSR count). The maximum absolute atomic E-state index is 9.26. The number of nitrogens with zero attached hydrogens (tertiary/aromatic N) is 3. The summed E-state index contributed by atoms with van der Waals surface area (Å²) in [6, 6.07) is 13.1. The molecule has 1 unspecified atom stereocenters. The van der Waals surface area contributed by atoms with Gasteiger partial charge >= 0.3 is 0 Å². The van der Waals surface area contributed by atoms with E-state index < -0.39 is 0 Å². The van der Waals surface area contributed by atoms with Gasteiger partial charge in [-0.25, -0.2) is 0 Å². The first-order valence-electron chi connectivity index (χ1n) is 6.55. The SMILES string of the molecule is CC(NCc1ccc(O)cc1)c1nnc2ccccn12.